The van der Waals surface area contributed by atoms with E-state index in [1.165, 1.54) is 0 Å². The Balaban J connectivity index is 1.92. The van der Waals surface area contributed by atoms with Crippen LogP contribution in [0, 0.1) is 11.8 Å². The molecule has 5 N–H and O–H groups in total. The Morgan fingerprint density at radius 3 is 2.55 bits per heavy atom. The maximum absolute atomic E-state index is 13.1. The third-order valence-corrected chi connectivity index (χ3v) is 7.70. The van der Waals surface area contributed by atoms with Crippen LogP contribution in [0.25, 0.3) is 0 Å². The van der Waals surface area contributed by atoms with Crippen LogP contribution in [0.4, 0.5) is 0 Å². The summed E-state index contributed by atoms with van der Waals surface area (Å²) in [6, 6.07) is -0.458. The number of carbonyl (C=O) groups excluding carboxylic acids is 4. The van der Waals surface area contributed by atoms with Crippen molar-refractivity contribution in [3.8, 4) is 0 Å². The largest absolute Gasteiger partial charge is 0.397 e. The summed E-state index contributed by atoms with van der Waals surface area (Å²) >= 11 is 0. The van der Waals surface area contributed by atoms with Gasteiger partial charge in [0.05, 0.1) is 33.1 Å². The van der Waals surface area contributed by atoms with Gasteiger partial charge in [-0.1, -0.05) is 19.1 Å². The van der Waals surface area contributed by atoms with E-state index in [4.69, 9.17) is 11.5 Å². The molecule has 2 aliphatic heterocycles. The molecule has 0 aromatic rings. The summed E-state index contributed by atoms with van der Waals surface area (Å²) in [7, 11) is -1.14. The molecule has 0 bridgehead atoms. The van der Waals surface area contributed by atoms with Gasteiger partial charge in [-0.3, -0.25) is 19.2 Å². The van der Waals surface area contributed by atoms with Gasteiger partial charge in [0, 0.05) is 31.8 Å². The Hall–Kier alpha value is -2.04. The highest BCUT2D eigenvalue weighted by atomic mass is 28.2. The first-order valence-electron chi connectivity index (χ1n) is 11.2. The minimum absolute atomic E-state index is 0.0442. The van der Waals surface area contributed by atoms with Gasteiger partial charge in [0.1, 0.15) is 0 Å². The van der Waals surface area contributed by atoms with Crippen molar-refractivity contribution in [3.05, 3.63) is 12.2 Å². The quantitative estimate of drug-likeness (QED) is 0.276. The first kappa shape index (κ1) is 25.2. The van der Waals surface area contributed by atoms with Crippen molar-refractivity contribution < 1.29 is 24.3 Å². The fourth-order valence-electron chi connectivity index (χ4n) is 4.38. The van der Waals surface area contributed by atoms with Crippen molar-refractivity contribution in [1.29, 1.82) is 0 Å². The molecule has 2 heterocycles. The summed E-state index contributed by atoms with van der Waals surface area (Å²) in [6.45, 7) is 4.82. The second-order valence-corrected chi connectivity index (χ2v) is 11.2. The van der Waals surface area contributed by atoms with E-state index in [1.807, 2.05) is 6.92 Å². The zero-order chi connectivity index (χ0) is 23.1. The molecule has 0 radical (unpaired) electrons. The number of allylic oxidation sites excluding steroid dienone is 1. The van der Waals surface area contributed by atoms with E-state index >= 15 is 0 Å². The lowest BCUT2D eigenvalue weighted by atomic mass is 10.0. The number of nitrogens with two attached hydrogens (primary N) is 2. The third-order valence-electron chi connectivity index (χ3n) is 6.16. The highest BCUT2D eigenvalue weighted by Crippen LogP contribution is 2.26. The van der Waals surface area contributed by atoms with Crippen LogP contribution in [-0.4, -0.2) is 85.0 Å². The van der Waals surface area contributed by atoms with Gasteiger partial charge >= 0.3 is 0 Å². The molecule has 2 rings (SSSR count). The predicted molar refractivity (Wildman–Crippen MR) is 119 cm³/mol. The van der Waals surface area contributed by atoms with Gasteiger partial charge in [-0.2, -0.15) is 0 Å². The van der Waals surface area contributed by atoms with Crippen molar-refractivity contribution in [2.24, 2.45) is 23.3 Å². The Bertz CT molecular complexity index is 714. The van der Waals surface area contributed by atoms with Crippen molar-refractivity contribution >= 4 is 33.0 Å². The number of carbonyl (C=O) groups is 4. The topological polar surface area (TPSA) is 147 Å². The monoisotopic (exact) mass is 452 g/mol. The van der Waals surface area contributed by atoms with Crippen LogP contribution in [0.5, 0.6) is 0 Å². The first-order valence-corrected chi connectivity index (χ1v) is 12.8. The number of primary amides is 1. The number of nitrogens with zero attached hydrogens (tertiary/aromatic N) is 2. The van der Waals surface area contributed by atoms with E-state index in [1.54, 1.807) is 28.9 Å². The number of rotatable bonds is 10. The summed E-state index contributed by atoms with van der Waals surface area (Å²) in [5.41, 5.74) is 10.1. The van der Waals surface area contributed by atoms with Crippen LogP contribution >= 0.6 is 0 Å². The maximum Gasteiger partial charge on any atom is 0.235 e. The third kappa shape index (κ3) is 6.72. The normalized spacial score (nSPS) is 24.8. The van der Waals surface area contributed by atoms with Crippen molar-refractivity contribution in [2.75, 3.05) is 19.6 Å². The molecule has 1 unspecified atom stereocenters. The number of aliphatic hydroxyl groups excluding tert-OH is 1. The molecular formula is C21H36N4O5Si. The van der Waals surface area contributed by atoms with E-state index in [2.05, 4.69) is 0 Å². The number of ketones is 1. The highest BCUT2D eigenvalue weighted by Gasteiger charge is 2.40. The van der Waals surface area contributed by atoms with E-state index in [9.17, 15) is 24.3 Å². The lowest BCUT2D eigenvalue weighted by Gasteiger charge is -2.27. The van der Waals surface area contributed by atoms with Crippen LogP contribution < -0.4 is 11.5 Å². The smallest absolute Gasteiger partial charge is 0.235 e. The zero-order valence-electron chi connectivity index (χ0n) is 18.5. The summed E-state index contributed by atoms with van der Waals surface area (Å²) < 4.78 is 0. The van der Waals surface area contributed by atoms with Gasteiger partial charge in [-0.15, -0.1) is 0 Å². The van der Waals surface area contributed by atoms with Crippen molar-refractivity contribution in [3.63, 3.8) is 0 Å². The van der Waals surface area contributed by atoms with Gasteiger partial charge in [-0.25, -0.2) is 0 Å². The molecule has 3 amide bonds. The van der Waals surface area contributed by atoms with Crippen LogP contribution in [0.3, 0.4) is 0 Å². The zero-order valence-corrected chi connectivity index (χ0v) is 19.9. The fourth-order valence-corrected chi connectivity index (χ4v) is 5.58. The van der Waals surface area contributed by atoms with Crippen molar-refractivity contribution in [2.45, 2.75) is 63.4 Å². The Labute approximate surface area is 186 Å². The molecule has 0 aliphatic carbocycles. The summed E-state index contributed by atoms with van der Waals surface area (Å²) in [6.07, 6.45) is 6.03. The molecule has 0 saturated carbocycles. The van der Waals surface area contributed by atoms with Crippen LogP contribution in [0.2, 0.25) is 0 Å². The molecule has 0 aromatic heterocycles. The molecule has 2 aliphatic rings. The number of amides is 3. The Morgan fingerprint density at radius 1 is 1.23 bits per heavy atom. The standard InChI is InChI=1S/C21H36N4O5Si/c1-3-14(18(22)28)6-4-8-17(27)16-7-5-10-25(16)20(29)15-9-11-24(12-15)21(30)19(23)31-13(2)26/h4,6,13-16,19,26H,3,5,7-12,23,31H2,1-2H3,(H2,22,28)/b6-4+/t13-,14?,15+,16-,19-/m0/s1. The second-order valence-electron chi connectivity index (χ2n) is 8.67. The average Bonchev–Trinajstić information content (AvgIpc) is 3.39. The first-order chi connectivity index (χ1) is 14.6. The van der Waals surface area contributed by atoms with Gasteiger partial charge in [-0.05, 0) is 32.6 Å². The Morgan fingerprint density at radius 2 is 1.94 bits per heavy atom. The SMILES string of the molecule is CCC(/C=C/CC(=O)[C@@H]1CCCN1C(=O)[C@@H]1CCN(C(=O)[C@@H](N)[SiH2][C@@H](C)O)C1)C(N)=O. The number of hydrogen-bond acceptors (Lipinski definition) is 6. The molecule has 2 fully saturated rings. The minimum atomic E-state index is -1.14. The maximum atomic E-state index is 13.1. The lowest BCUT2D eigenvalue weighted by molar-refractivity contribution is -0.140. The summed E-state index contributed by atoms with van der Waals surface area (Å²) in [4.78, 5) is 52.9. The minimum Gasteiger partial charge on any atom is -0.397 e. The second kappa shape index (κ2) is 11.5. The van der Waals surface area contributed by atoms with E-state index in [0.29, 0.717) is 38.9 Å². The molecular weight excluding hydrogens is 416 g/mol. The van der Waals surface area contributed by atoms with Crippen molar-refractivity contribution in [1.82, 2.24) is 9.80 Å². The number of aliphatic hydroxyl groups is 1. The molecule has 0 spiro atoms. The lowest BCUT2D eigenvalue weighted by Crippen LogP contribution is -2.49. The highest BCUT2D eigenvalue weighted by molar-refractivity contribution is 6.45. The number of hydrogen-bond donors (Lipinski definition) is 3. The van der Waals surface area contributed by atoms with Crippen LogP contribution in [0.1, 0.15) is 46.0 Å². The molecule has 31 heavy (non-hydrogen) atoms. The molecule has 0 aromatic carbocycles. The van der Waals surface area contributed by atoms with E-state index in [-0.39, 0.29) is 35.9 Å². The predicted octanol–water partition coefficient (Wildman–Crippen LogP) is -1.36. The number of Topliss-reactive ketones (excluding diaryl/α,β-unsaturated/α-hetero) is 1. The Kier molecular flexibility index (Phi) is 9.39. The molecule has 9 nitrogen and oxygen atoms in total. The van der Waals surface area contributed by atoms with Crippen LogP contribution in [0.15, 0.2) is 12.2 Å². The summed E-state index contributed by atoms with van der Waals surface area (Å²) in [5, 5.41) is 9.50. The molecule has 5 atom stereocenters. The van der Waals surface area contributed by atoms with E-state index < -0.39 is 32.9 Å². The molecule has 10 heteroatoms. The molecule has 174 valence electrons. The average molecular weight is 453 g/mol. The van der Waals surface area contributed by atoms with E-state index in [0.717, 1.165) is 6.42 Å². The fraction of sp³-hybridized carbons (Fsp3) is 0.714. The van der Waals surface area contributed by atoms with Gasteiger partial charge < -0.3 is 26.4 Å². The van der Waals surface area contributed by atoms with Gasteiger partial charge in [0.15, 0.2) is 5.78 Å². The number of likely N-dealkylation sites (tertiary alicyclic amines) is 2. The van der Waals surface area contributed by atoms with Crippen LogP contribution in [-0.2, 0) is 19.2 Å². The van der Waals surface area contributed by atoms with Gasteiger partial charge in [0.25, 0.3) is 0 Å². The van der Waals surface area contributed by atoms with Gasteiger partial charge in [0.2, 0.25) is 17.7 Å². The molecule has 2 saturated heterocycles. The summed E-state index contributed by atoms with van der Waals surface area (Å²) in [5.74, 6) is -1.45.